The standard InChI is InChI=1S/C11H8N2O2S/c12-11-13-7(6-16-11)10-5-14-8-3-1-2-4-9(8)15-10/h1-6H,(H2,12,13). The first-order chi connectivity index (χ1) is 7.83. The fourth-order valence-electron chi connectivity index (χ4n) is 1.40. The molecule has 0 spiro atoms. The molecule has 3 rings (SSSR count). The van der Waals surface area contributed by atoms with Gasteiger partial charge in [-0.3, -0.25) is 0 Å². The van der Waals surface area contributed by atoms with E-state index in [0.717, 1.165) is 0 Å². The molecule has 0 radical (unpaired) electrons. The normalized spacial score (nSPS) is 13.4. The zero-order chi connectivity index (χ0) is 11.0. The molecule has 16 heavy (non-hydrogen) atoms. The van der Waals surface area contributed by atoms with E-state index in [-0.39, 0.29) is 0 Å². The number of nitrogens with two attached hydrogens (primary N) is 1. The Morgan fingerprint density at radius 1 is 1.19 bits per heavy atom. The molecule has 0 bridgehead atoms. The molecule has 4 nitrogen and oxygen atoms in total. The maximum Gasteiger partial charge on any atom is 0.189 e. The third kappa shape index (κ3) is 1.51. The van der Waals surface area contributed by atoms with E-state index in [4.69, 9.17) is 15.2 Å². The molecule has 0 aliphatic carbocycles. The minimum atomic E-state index is 0.512. The van der Waals surface area contributed by atoms with E-state index in [1.54, 1.807) is 0 Å². The van der Waals surface area contributed by atoms with E-state index >= 15 is 0 Å². The summed E-state index contributed by atoms with van der Waals surface area (Å²) in [6.45, 7) is 0. The Bertz CT molecular complexity index is 563. The van der Waals surface area contributed by atoms with E-state index in [1.807, 2.05) is 29.6 Å². The van der Waals surface area contributed by atoms with Crippen molar-refractivity contribution in [3.8, 4) is 11.5 Å². The molecule has 0 amide bonds. The number of aromatic nitrogens is 1. The van der Waals surface area contributed by atoms with E-state index < -0.39 is 0 Å². The lowest BCUT2D eigenvalue weighted by atomic mass is 10.3. The Balaban J connectivity index is 1.95. The molecule has 0 atom stereocenters. The van der Waals surface area contributed by atoms with Crippen LogP contribution >= 0.6 is 11.3 Å². The van der Waals surface area contributed by atoms with E-state index in [9.17, 15) is 0 Å². The number of benzene rings is 1. The average molecular weight is 232 g/mol. The molecular formula is C11H8N2O2S. The van der Waals surface area contributed by atoms with E-state index in [2.05, 4.69) is 4.98 Å². The monoisotopic (exact) mass is 232 g/mol. The van der Waals surface area contributed by atoms with Crippen LogP contribution in [0.1, 0.15) is 5.69 Å². The van der Waals surface area contributed by atoms with Gasteiger partial charge in [0.25, 0.3) is 0 Å². The molecule has 5 heteroatoms. The fourth-order valence-corrected chi connectivity index (χ4v) is 1.96. The second kappa shape index (κ2) is 3.53. The van der Waals surface area contributed by atoms with Gasteiger partial charge in [-0.25, -0.2) is 4.98 Å². The SMILES string of the molecule is Nc1nc(C2=COc3ccccc3O2)cs1. The maximum absolute atomic E-state index is 5.66. The number of rotatable bonds is 1. The summed E-state index contributed by atoms with van der Waals surface area (Å²) in [5.41, 5.74) is 6.26. The highest BCUT2D eigenvalue weighted by Crippen LogP contribution is 2.35. The van der Waals surface area contributed by atoms with Gasteiger partial charge in [0.2, 0.25) is 0 Å². The Kier molecular flexibility index (Phi) is 2.04. The highest BCUT2D eigenvalue weighted by molar-refractivity contribution is 7.13. The molecule has 1 aromatic carbocycles. The van der Waals surface area contributed by atoms with Crippen molar-refractivity contribution in [3.63, 3.8) is 0 Å². The zero-order valence-electron chi connectivity index (χ0n) is 8.21. The van der Waals surface area contributed by atoms with Crippen molar-refractivity contribution < 1.29 is 9.47 Å². The van der Waals surface area contributed by atoms with Gasteiger partial charge >= 0.3 is 0 Å². The van der Waals surface area contributed by atoms with Gasteiger partial charge in [0.15, 0.2) is 22.4 Å². The van der Waals surface area contributed by atoms with Crippen molar-refractivity contribution in [2.45, 2.75) is 0 Å². The lowest BCUT2D eigenvalue weighted by Gasteiger charge is -2.16. The molecule has 1 aliphatic rings. The lowest BCUT2D eigenvalue weighted by molar-refractivity contribution is 0.382. The molecule has 0 saturated heterocycles. The van der Waals surface area contributed by atoms with Gasteiger partial charge in [-0.1, -0.05) is 12.1 Å². The first kappa shape index (κ1) is 9.23. The summed E-state index contributed by atoms with van der Waals surface area (Å²) in [7, 11) is 0. The molecule has 2 heterocycles. The Morgan fingerprint density at radius 2 is 2.00 bits per heavy atom. The minimum absolute atomic E-state index is 0.512. The van der Waals surface area contributed by atoms with Gasteiger partial charge in [0, 0.05) is 5.38 Å². The first-order valence-corrected chi connectivity index (χ1v) is 5.56. The van der Waals surface area contributed by atoms with Crippen molar-refractivity contribution in [3.05, 3.63) is 41.6 Å². The summed E-state index contributed by atoms with van der Waals surface area (Å²) < 4.78 is 11.1. The number of fused-ring (bicyclic) bond motifs is 1. The number of nitrogens with zero attached hydrogens (tertiary/aromatic N) is 1. The topological polar surface area (TPSA) is 57.4 Å². The Hall–Kier alpha value is -2.01. The van der Waals surface area contributed by atoms with Gasteiger partial charge < -0.3 is 15.2 Å². The van der Waals surface area contributed by atoms with Crippen molar-refractivity contribution in [1.82, 2.24) is 4.98 Å². The second-order valence-corrected chi connectivity index (χ2v) is 4.11. The quantitative estimate of drug-likeness (QED) is 0.820. The van der Waals surface area contributed by atoms with Crippen molar-refractivity contribution in [2.75, 3.05) is 5.73 Å². The van der Waals surface area contributed by atoms with Crippen LogP contribution in [0.4, 0.5) is 5.13 Å². The van der Waals surface area contributed by atoms with Crippen LogP contribution in [0.5, 0.6) is 11.5 Å². The van der Waals surface area contributed by atoms with Crippen molar-refractivity contribution in [2.24, 2.45) is 0 Å². The molecule has 1 aromatic heterocycles. The van der Waals surface area contributed by atoms with E-state index in [1.165, 1.54) is 17.6 Å². The summed E-state index contributed by atoms with van der Waals surface area (Å²) in [4.78, 5) is 4.13. The van der Waals surface area contributed by atoms with Crippen LogP contribution in [0.3, 0.4) is 0 Å². The Labute approximate surface area is 95.9 Å². The highest BCUT2D eigenvalue weighted by Gasteiger charge is 2.16. The number of hydrogen-bond acceptors (Lipinski definition) is 5. The van der Waals surface area contributed by atoms with Crippen LogP contribution in [0.25, 0.3) is 5.76 Å². The van der Waals surface area contributed by atoms with Crippen molar-refractivity contribution in [1.29, 1.82) is 0 Å². The number of anilines is 1. The van der Waals surface area contributed by atoms with Gasteiger partial charge in [-0.05, 0) is 12.1 Å². The van der Waals surface area contributed by atoms with Gasteiger partial charge in [0.05, 0.1) is 0 Å². The molecule has 0 saturated carbocycles. The summed E-state index contributed by atoms with van der Waals surface area (Å²) in [5.74, 6) is 1.97. The summed E-state index contributed by atoms with van der Waals surface area (Å²) in [6, 6.07) is 7.47. The molecule has 1 aliphatic heterocycles. The van der Waals surface area contributed by atoms with E-state index in [0.29, 0.717) is 28.1 Å². The Morgan fingerprint density at radius 3 is 2.75 bits per heavy atom. The molecule has 0 unspecified atom stereocenters. The van der Waals surface area contributed by atoms with Crippen LogP contribution in [0, 0.1) is 0 Å². The third-order valence-electron chi connectivity index (χ3n) is 2.14. The maximum atomic E-state index is 5.66. The molecule has 80 valence electrons. The molecule has 2 N–H and O–H groups in total. The summed E-state index contributed by atoms with van der Waals surface area (Å²) in [6.07, 6.45) is 1.54. The second-order valence-electron chi connectivity index (χ2n) is 3.22. The molecular weight excluding hydrogens is 224 g/mol. The summed E-state index contributed by atoms with van der Waals surface area (Å²) in [5, 5.41) is 2.34. The predicted octanol–water partition coefficient (Wildman–Crippen LogP) is 2.50. The van der Waals surface area contributed by atoms with Crippen LogP contribution in [-0.4, -0.2) is 4.98 Å². The fraction of sp³-hybridized carbons (Fsp3) is 0. The molecule has 2 aromatic rings. The van der Waals surface area contributed by atoms with Gasteiger partial charge in [-0.15, -0.1) is 11.3 Å². The lowest BCUT2D eigenvalue weighted by Crippen LogP contribution is -2.04. The molecule has 0 fully saturated rings. The van der Waals surface area contributed by atoms with Crippen LogP contribution in [-0.2, 0) is 0 Å². The van der Waals surface area contributed by atoms with Gasteiger partial charge in [0.1, 0.15) is 12.0 Å². The minimum Gasteiger partial charge on any atom is -0.457 e. The van der Waals surface area contributed by atoms with Gasteiger partial charge in [-0.2, -0.15) is 0 Å². The van der Waals surface area contributed by atoms with Crippen LogP contribution in [0.15, 0.2) is 35.9 Å². The first-order valence-electron chi connectivity index (χ1n) is 4.68. The van der Waals surface area contributed by atoms with Crippen LogP contribution < -0.4 is 15.2 Å². The van der Waals surface area contributed by atoms with Crippen LogP contribution in [0.2, 0.25) is 0 Å². The number of hydrogen-bond donors (Lipinski definition) is 1. The highest BCUT2D eigenvalue weighted by atomic mass is 32.1. The smallest absolute Gasteiger partial charge is 0.189 e. The van der Waals surface area contributed by atoms with Crippen molar-refractivity contribution >= 4 is 22.2 Å². The zero-order valence-corrected chi connectivity index (χ0v) is 9.03. The number of para-hydroxylation sites is 2. The average Bonchev–Trinajstić information content (AvgIpc) is 2.75. The number of thiazole rings is 1. The summed E-state index contributed by atoms with van der Waals surface area (Å²) >= 11 is 1.37. The number of ether oxygens (including phenoxy) is 2. The largest absolute Gasteiger partial charge is 0.457 e. The predicted molar refractivity (Wildman–Crippen MR) is 62.2 cm³/mol. The third-order valence-corrected chi connectivity index (χ3v) is 2.81. The number of nitrogen functional groups attached to an aromatic ring is 1.